The van der Waals surface area contributed by atoms with E-state index in [-0.39, 0.29) is 11.9 Å². The van der Waals surface area contributed by atoms with Gasteiger partial charge in [-0.3, -0.25) is 0 Å². The minimum absolute atomic E-state index is 0.333. The van der Waals surface area contributed by atoms with Gasteiger partial charge in [0.1, 0.15) is 17.3 Å². The van der Waals surface area contributed by atoms with E-state index in [1.165, 1.54) is 12.1 Å². The molecule has 0 fully saturated rings. The molecule has 0 aliphatic rings. The first-order valence-electron chi connectivity index (χ1n) is 5.65. The third-order valence-electron chi connectivity index (χ3n) is 2.58. The molecule has 2 aromatic carbocycles. The zero-order chi connectivity index (χ0) is 14.0. The summed E-state index contributed by atoms with van der Waals surface area (Å²) in [6, 6.07) is 9.19. The monoisotopic (exact) mass is 343 g/mol. The first-order valence-corrected chi connectivity index (χ1v) is 6.82. The molecule has 0 saturated carbocycles. The Morgan fingerprint density at radius 2 is 1.89 bits per heavy atom. The minimum atomic E-state index is -0.346. The molecule has 0 heterocycles. The number of ether oxygens (including phenoxy) is 1. The second-order valence-corrected chi connectivity index (χ2v) is 5.47. The molecule has 1 atom stereocenters. The molecule has 0 radical (unpaired) electrons. The van der Waals surface area contributed by atoms with Crippen LogP contribution in [0, 0.1) is 5.82 Å². The molecular weight excluding hydrogens is 333 g/mol. The predicted octanol–water partition coefficient (Wildman–Crippen LogP) is 5.05. The van der Waals surface area contributed by atoms with Crippen molar-refractivity contribution in [3.8, 4) is 11.5 Å². The first kappa shape index (κ1) is 14.3. The Labute approximate surface area is 124 Å². The van der Waals surface area contributed by atoms with Crippen molar-refractivity contribution in [2.24, 2.45) is 5.73 Å². The van der Waals surface area contributed by atoms with Crippen LogP contribution in [0.4, 0.5) is 4.39 Å². The van der Waals surface area contributed by atoms with Crippen LogP contribution in [0.25, 0.3) is 0 Å². The molecule has 0 unspecified atom stereocenters. The van der Waals surface area contributed by atoms with Crippen LogP contribution in [-0.4, -0.2) is 0 Å². The molecule has 2 aromatic rings. The lowest BCUT2D eigenvalue weighted by Gasteiger charge is -2.14. The van der Waals surface area contributed by atoms with E-state index >= 15 is 0 Å². The van der Waals surface area contributed by atoms with E-state index in [4.69, 9.17) is 22.1 Å². The van der Waals surface area contributed by atoms with E-state index in [1.54, 1.807) is 25.1 Å². The summed E-state index contributed by atoms with van der Waals surface area (Å²) in [4.78, 5) is 0. The molecule has 0 aliphatic carbocycles. The van der Waals surface area contributed by atoms with Gasteiger partial charge in [-0.1, -0.05) is 27.5 Å². The third-order valence-corrected chi connectivity index (χ3v) is 3.36. The van der Waals surface area contributed by atoms with Gasteiger partial charge in [-0.15, -0.1) is 0 Å². The summed E-state index contributed by atoms with van der Waals surface area (Å²) in [6.07, 6.45) is 0. The van der Waals surface area contributed by atoms with Gasteiger partial charge in [-0.25, -0.2) is 4.39 Å². The Morgan fingerprint density at radius 3 is 2.53 bits per heavy atom. The molecule has 0 aliphatic heterocycles. The van der Waals surface area contributed by atoms with Crippen LogP contribution in [0.1, 0.15) is 18.5 Å². The molecule has 2 rings (SSSR count). The van der Waals surface area contributed by atoms with Gasteiger partial charge >= 0.3 is 0 Å². The van der Waals surface area contributed by atoms with Crippen molar-refractivity contribution in [3.05, 3.63) is 57.3 Å². The van der Waals surface area contributed by atoms with Crippen molar-refractivity contribution in [3.63, 3.8) is 0 Å². The average molecular weight is 345 g/mol. The quantitative estimate of drug-likeness (QED) is 0.845. The lowest BCUT2D eigenvalue weighted by atomic mass is 10.1. The second kappa shape index (κ2) is 5.90. The Morgan fingerprint density at radius 1 is 1.21 bits per heavy atom. The molecule has 0 saturated heterocycles. The molecule has 2 N–H and O–H groups in total. The summed E-state index contributed by atoms with van der Waals surface area (Å²) >= 11 is 9.40. The van der Waals surface area contributed by atoms with Gasteiger partial charge in [0.2, 0.25) is 0 Å². The highest BCUT2D eigenvalue weighted by molar-refractivity contribution is 9.10. The standard InChI is InChI=1S/C14H12BrClFNO/c1-8(18)11-7-10(17)3-5-13(11)19-14-4-2-9(15)6-12(14)16/h2-8H,18H2,1H3/t8-/m1/s1. The third kappa shape index (κ3) is 3.47. The normalized spacial score (nSPS) is 12.3. The molecule has 100 valence electrons. The van der Waals surface area contributed by atoms with Gasteiger partial charge in [0.05, 0.1) is 5.02 Å². The molecule has 0 amide bonds. The van der Waals surface area contributed by atoms with E-state index < -0.39 is 0 Å². The maximum Gasteiger partial charge on any atom is 0.146 e. The van der Waals surface area contributed by atoms with Gasteiger partial charge in [-0.05, 0) is 43.3 Å². The van der Waals surface area contributed by atoms with E-state index in [0.29, 0.717) is 22.1 Å². The van der Waals surface area contributed by atoms with Crippen LogP contribution in [0.2, 0.25) is 5.02 Å². The molecule has 0 bridgehead atoms. The molecular formula is C14H12BrClFNO. The predicted molar refractivity (Wildman–Crippen MR) is 78.2 cm³/mol. The van der Waals surface area contributed by atoms with Gasteiger partial charge in [0.15, 0.2) is 0 Å². The SMILES string of the molecule is C[C@@H](N)c1cc(F)ccc1Oc1ccc(Br)cc1Cl. The lowest BCUT2D eigenvalue weighted by molar-refractivity contribution is 0.469. The maximum absolute atomic E-state index is 13.2. The van der Waals surface area contributed by atoms with E-state index in [1.807, 2.05) is 6.07 Å². The highest BCUT2D eigenvalue weighted by Crippen LogP contribution is 2.34. The second-order valence-electron chi connectivity index (χ2n) is 4.15. The lowest BCUT2D eigenvalue weighted by Crippen LogP contribution is -2.07. The van der Waals surface area contributed by atoms with E-state index in [2.05, 4.69) is 15.9 Å². The summed E-state index contributed by atoms with van der Waals surface area (Å²) in [5.74, 6) is 0.653. The fourth-order valence-electron chi connectivity index (χ4n) is 1.64. The Balaban J connectivity index is 2.38. The van der Waals surface area contributed by atoms with Gasteiger partial charge in [-0.2, -0.15) is 0 Å². The molecule has 19 heavy (non-hydrogen) atoms. The van der Waals surface area contributed by atoms with Crippen LogP contribution in [0.15, 0.2) is 40.9 Å². The molecule has 5 heteroatoms. The van der Waals surface area contributed by atoms with Crippen molar-refractivity contribution < 1.29 is 9.13 Å². The Kier molecular flexibility index (Phi) is 4.45. The van der Waals surface area contributed by atoms with E-state index in [9.17, 15) is 4.39 Å². The van der Waals surface area contributed by atoms with Crippen molar-refractivity contribution in [2.75, 3.05) is 0 Å². The first-order chi connectivity index (χ1) is 8.97. The number of rotatable bonds is 3. The smallest absolute Gasteiger partial charge is 0.146 e. The highest BCUT2D eigenvalue weighted by Gasteiger charge is 2.12. The number of hydrogen-bond acceptors (Lipinski definition) is 2. The number of halogens is 3. The van der Waals surface area contributed by atoms with Crippen molar-refractivity contribution in [2.45, 2.75) is 13.0 Å². The number of benzene rings is 2. The number of nitrogens with two attached hydrogens (primary N) is 1. The molecule has 2 nitrogen and oxygen atoms in total. The van der Waals surface area contributed by atoms with Gasteiger partial charge in [0.25, 0.3) is 0 Å². The summed E-state index contributed by atoms with van der Waals surface area (Å²) < 4.78 is 19.8. The average Bonchev–Trinajstić information content (AvgIpc) is 2.34. The van der Waals surface area contributed by atoms with Gasteiger partial charge < -0.3 is 10.5 Å². The zero-order valence-electron chi connectivity index (χ0n) is 10.2. The van der Waals surface area contributed by atoms with Crippen LogP contribution in [-0.2, 0) is 0 Å². The fraction of sp³-hybridized carbons (Fsp3) is 0.143. The number of hydrogen-bond donors (Lipinski definition) is 1. The maximum atomic E-state index is 13.2. The van der Waals surface area contributed by atoms with Crippen LogP contribution < -0.4 is 10.5 Å². The minimum Gasteiger partial charge on any atom is -0.455 e. The highest BCUT2D eigenvalue weighted by atomic mass is 79.9. The topological polar surface area (TPSA) is 35.2 Å². The van der Waals surface area contributed by atoms with Crippen LogP contribution in [0.5, 0.6) is 11.5 Å². The summed E-state index contributed by atoms with van der Waals surface area (Å²) in [5, 5.41) is 0.467. The molecule has 0 aromatic heterocycles. The van der Waals surface area contributed by atoms with Crippen molar-refractivity contribution in [1.29, 1.82) is 0 Å². The Bertz CT molecular complexity index is 604. The fourth-order valence-corrected chi connectivity index (χ4v) is 2.36. The Hall–Kier alpha value is -1.10. The summed E-state index contributed by atoms with van der Waals surface area (Å²) in [6.45, 7) is 1.77. The summed E-state index contributed by atoms with van der Waals surface area (Å²) in [7, 11) is 0. The van der Waals surface area contributed by atoms with Crippen LogP contribution in [0.3, 0.4) is 0 Å². The van der Waals surface area contributed by atoms with Gasteiger partial charge in [0, 0.05) is 16.1 Å². The van der Waals surface area contributed by atoms with Crippen molar-refractivity contribution in [1.82, 2.24) is 0 Å². The zero-order valence-corrected chi connectivity index (χ0v) is 12.5. The van der Waals surface area contributed by atoms with Crippen molar-refractivity contribution >= 4 is 27.5 Å². The molecule has 0 spiro atoms. The summed E-state index contributed by atoms with van der Waals surface area (Å²) in [5.41, 5.74) is 6.41. The van der Waals surface area contributed by atoms with E-state index in [0.717, 1.165) is 4.47 Å². The van der Waals surface area contributed by atoms with Crippen LogP contribution >= 0.6 is 27.5 Å². The largest absolute Gasteiger partial charge is 0.455 e.